The fourth-order valence-corrected chi connectivity index (χ4v) is 3.90. The average Bonchev–Trinajstić information content (AvgIpc) is 3.24. The van der Waals surface area contributed by atoms with Crippen LogP contribution in [0.25, 0.3) is 10.9 Å². The molecule has 0 aliphatic heterocycles. The van der Waals surface area contributed by atoms with Crippen LogP contribution in [-0.2, 0) is 11.2 Å². The Morgan fingerprint density at radius 2 is 1.91 bits per heavy atom. The number of nitrogens with one attached hydrogen (secondary N) is 2. The van der Waals surface area contributed by atoms with Gasteiger partial charge in [-0.3, -0.25) is 4.79 Å². The molecule has 0 saturated carbocycles. The summed E-state index contributed by atoms with van der Waals surface area (Å²) in [7, 11) is 3.14. The Hall–Kier alpha value is -3.79. The van der Waals surface area contributed by atoms with E-state index in [4.69, 9.17) is 9.47 Å². The number of carbonyl (C=O) groups excluding carboxylic acids is 1. The van der Waals surface area contributed by atoms with Gasteiger partial charge in [0.25, 0.3) is 0 Å². The number of aryl methyl sites for hydroxylation is 1. The molecule has 2 aromatic carbocycles. The lowest BCUT2D eigenvalue weighted by Crippen LogP contribution is -2.12. The van der Waals surface area contributed by atoms with Crippen LogP contribution in [-0.4, -0.2) is 35.1 Å². The van der Waals surface area contributed by atoms with E-state index in [9.17, 15) is 9.18 Å². The number of halogens is 1. The van der Waals surface area contributed by atoms with Crippen LogP contribution in [0.15, 0.2) is 48.9 Å². The lowest BCUT2D eigenvalue weighted by atomic mass is 10.2. The number of ether oxygens (including phenoxy) is 2. The first-order valence-electron chi connectivity index (χ1n) is 9.69. The molecule has 4 rings (SSSR count). The van der Waals surface area contributed by atoms with Gasteiger partial charge in [-0.25, -0.2) is 19.3 Å². The van der Waals surface area contributed by atoms with Gasteiger partial charge < -0.3 is 20.1 Å². The average molecular weight is 453 g/mol. The highest BCUT2D eigenvalue weighted by molar-refractivity contribution is 7.15. The largest absolute Gasteiger partial charge is 0.493 e. The van der Waals surface area contributed by atoms with Crippen molar-refractivity contribution in [3.63, 3.8) is 0 Å². The molecule has 0 radical (unpaired) electrons. The summed E-state index contributed by atoms with van der Waals surface area (Å²) in [5.74, 6) is 1.15. The van der Waals surface area contributed by atoms with Crippen molar-refractivity contribution in [2.24, 2.45) is 0 Å². The number of amides is 1. The molecule has 10 heteroatoms. The molecule has 1 amide bonds. The number of anilines is 3. The summed E-state index contributed by atoms with van der Waals surface area (Å²) >= 11 is 1.43. The van der Waals surface area contributed by atoms with Gasteiger partial charge in [0, 0.05) is 34.6 Å². The van der Waals surface area contributed by atoms with E-state index in [1.165, 1.54) is 29.8 Å². The summed E-state index contributed by atoms with van der Waals surface area (Å²) in [5, 5.41) is 7.30. The van der Waals surface area contributed by atoms with Crippen LogP contribution >= 0.6 is 11.3 Å². The first kappa shape index (κ1) is 21.4. The Kier molecular flexibility index (Phi) is 6.41. The third-order valence-electron chi connectivity index (χ3n) is 4.63. The lowest BCUT2D eigenvalue weighted by molar-refractivity contribution is -0.116. The zero-order valence-corrected chi connectivity index (χ0v) is 18.2. The molecule has 0 unspecified atom stereocenters. The molecule has 2 N–H and O–H groups in total. The Morgan fingerprint density at radius 3 is 2.69 bits per heavy atom. The maximum Gasteiger partial charge on any atom is 0.224 e. The van der Waals surface area contributed by atoms with E-state index in [1.54, 1.807) is 38.6 Å². The van der Waals surface area contributed by atoms with E-state index in [2.05, 4.69) is 25.6 Å². The van der Waals surface area contributed by atoms with Crippen LogP contribution < -0.4 is 20.1 Å². The van der Waals surface area contributed by atoms with Crippen LogP contribution in [0.2, 0.25) is 0 Å². The van der Waals surface area contributed by atoms with Gasteiger partial charge in [0.1, 0.15) is 18.0 Å². The van der Waals surface area contributed by atoms with Crippen molar-refractivity contribution in [3.8, 4) is 11.5 Å². The maximum absolute atomic E-state index is 13.2. The van der Waals surface area contributed by atoms with Crippen LogP contribution in [0.4, 0.5) is 21.0 Å². The van der Waals surface area contributed by atoms with Crippen molar-refractivity contribution < 1.29 is 18.7 Å². The van der Waals surface area contributed by atoms with Gasteiger partial charge in [-0.1, -0.05) is 6.07 Å². The molecule has 0 spiro atoms. The Balaban J connectivity index is 1.43. The minimum absolute atomic E-state index is 0.193. The number of rotatable bonds is 8. The van der Waals surface area contributed by atoms with Gasteiger partial charge in [-0.05, 0) is 30.7 Å². The number of carbonyl (C=O) groups is 1. The molecule has 0 aliphatic carbocycles. The van der Waals surface area contributed by atoms with Crippen LogP contribution in [0, 0.1) is 5.82 Å². The number of fused-ring (bicyclic) bond motifs is 1. The summed E-state index contributed by atoms with van der Waals surface area (Å²) in [5.41, 5.74) is 1.13. The third kappa shape index (κ3) is 4.92. The lowest BCUT2D eigenvalue weighted by Gasteiger charge is -2.11. The first-order chi connectivity index (χ1) is 15.6. The highest BCUT2D eigenvalue weighted by Gasteiger charge is 2.13. The minimum atomic E-state index is -0.394. The highest BCUT2D eigenvalue weighted by atomic mass is 32.1. The van der Waals surface area contributed by atoms with E-state index in [1.807, 2.05) is 6.07 Å². The number of thiazole rings is 1. The highest BCUT2D eigenvalue weighted by Crippen LogP contribution is 2.35. The zero-order valence-electron chi connectivity index (χ0n) is 17.4. The molecule has 164 valence electrons. The molecular weight excluding hydrogens is 433 g/mol. The fraction of sp³-hybridized carbons (Fsp3) is 0.182. The van der Waals surface area contributed by atoms with Crippen LogP contribution in [0.5, 0.6) is 11.5 Å². The van der Waals surface area contributed by atoms with E-state index in [0.29, 0.717) is 40.1 Å². The number of aromatic nitrogens is 3. The summed E-state index contributed by atoms with van der Waals surface area (Å²) in [6, 6.07) is 9.40. The molecule has 0 bridgehead atoms. The number of methoxy groups -OCH3 is 2. The maximum atomic E-state index is 13.2. The Labute approximate surface area is 187 Å². The molecule has 0 saturated heterocycles. The number of hydrogen-bond acceptors (Lipinski definition) is 8. The van der Waals surface area contributed by atoms with Gasteiger partial charge >= 0.3 is 0 Å². The van der Waals surface area contributed by atoms with Crippen LogP contribution in [0.3, 0.4) is 0 Å². The second-order valence-corrected chi connectivity index (χ2v) is 7.88. The predicted molar refractivity (Wildman–Crippen MR) is 121 cm³/mol. The topological polar surface area (TPSA) is 98.3 Å². The van der Waals surface area contributed by atoms with Crippen molar-refractivity contribution >= 4 is 44.8 Å². The standard InChI is InChI=1S/C22H20FN5O3S/c1-30-18-9-16-17(10-19(18)31-2)25-12-26-21(16)28-22-24-11-15(32-22)6-7-20(29)27-14-5-3-4-13(23)8-14/h3-5,8-12H,6-7H2,1-2H3,(H,27,29)(H,24,25,26,28). The van der Waals surface area contributed by atoms with Crippen molar-refractivity contribution in [3.05, 3.63) is 59.6 Å². The molecule has 4 aromatic rings. The number of hydrogen-bond donors (Lipinski definition) is 2. The van der Waals surface area contributed by atoms with E-state index in [0.717, 1.165) is 10.3 Å². The van der Waals surface area contributed by atoms with E-state index < -0.39 is 5.82 Å². The molecule has 8 nitrogen and oxygen atoms in total. The van der Waals surface area contributed by atoms with Crippen molar-refractivity contribution in [1.82, 2.24) is 15.0 Å². The molecular formula is C22H20FN5O3S. The summed E-state index contributed by atoms with van der Waals surface area (Å²) in [6.45, 7) is 0. The van der Waals surface area contributed by atoms with Gasteiger partial charge in [-0.2, -0.15) is 0 Å². The zero-order chi connectivity index (χ0) is 22.5. The first-order valence-corrected chi connectivity index (χ1v) is 10.5. The van der Waals surface area contributed by atoms with Gasteiger partial charge in [0.05, 0.1) is 19.7 Å². The number of benzene rings is 2. The smallest absolute Gasteiger partial charge is 0.224 e. The molecule has 0 fully saturated rings. The molecule has 0 atom stereocenters. The van der Waals surface area contributed by atoms with Crippen molar-refractivity contribution in [1.29, 1.82) is 0 Å². The second-order valence-electron chi connectivity index (χ2n) is 6.76. The summed E-state index contributed by atoms with van der Waals surface area (Å²) in [6.07, 6.45) is 3.94. The quantitative estimate of drug-likeness (QED) is 0.404. The van der Waals surface area contributed by atoms with Gasteiger partial charge in [-0.15, -0.1) is 11.3 Å². The molecule has 0 aliphatic rings. The Bertz CT molecular complexity index is 1260. The predicted octanol–water partition coefficient (Wildman–Crippen LogP) is 4.56. The molecule has 32 heavy (non-hydrogen) atoms. The fourth-order valence-electron chi connectivity index (χ4n) is 3.09. The monoisotopic (exact) mass is 453 g/mol. The number of nitrogens with zero attached hydrogens (tertiary/aromatic N) is 3. The van der Waals surface area contributed by atoms with Gasteiger partial charge in [0.15, 0.2) is 16.6 Å². The minimum Gasteiger partial charge on any atom is -0.493 e. The van der Waals surface area contributed by atoms with E-state index >= 15 is 0 Å². The Morgan fingerprint density at radius 1 is 1.09 bits per heavy atom. The van der Waals surface area contributed by atoms with Crippen molar-refractivity contribution in [2.75, 3.05) is 24.9 Å². The normalized spacial score (nSPS) is 10.7. The molecule has 2 aromatic heterocycles. The summed E-state index contributed by atoms with van der Waals surface area (Å²) < 4.78 is 23.9. The second kappa shape index (κ2) is 9.56. The van der Waals surface area contributed by atoms with Gasteiger partial charge in [0.2, 0.25) is 5.91 Å². The van der Waals surface area contributed by atoms with Crippen LogP contribution in [0.1, 0.15) is 11.3 Å². The third-order valence-corrected chi connectivity index (χ3v) is 5.60. The SMILES string of the molecule is COc1cc2ncnc(Nc3ncc(CCC(=O)Nc4cccc(F)c4)s3)c2cc1OC. The summed E-state index contributed by atoms with van der Waals surface area (Å²) in [4.78, 5) is 26.1. The van der Waals surface area contributed by atoms with E-state index in [-0.39, 0.29) is 12.3 Å². The van der Waals surface area contributed by atoms with Crippen molar-refractivity contribution in [2.45, 2.75) is 12.8 Å². The molecule has 2 heterocycles.